The summed E-state index contributed by atoms with van der Waals surface area (Å²) in [6.07, 6.45) is 1.56. The molecule has 1 aromatic rings. The van der Waals surface area contributed by atoms with Gasteiger partial charge in [0.2, 0.25) is 5.91 Å². The third-order valence-electron chi connectivity index (χ3n) is 2.56. The van der Waals surface area contributed by atoms with E-state index in [1.54, 1.807) is 24.3 Å². The number of benzene rings is 1. The van der Waals surface area contributed by atoms with E-state index in [1.807, 2.05) is 0 Å². The third-order valence-corrected chi connectivity index (χ3v) is 2.79. The standard InChI is InChI=1S/C14H17ClN2O3/c1-2-6-17(7-8-18)13(19)10-16-14(20)11-4-3-5-12(15)9-11/h2-5,9,18H,1,6-8,10H2,(H,16,20). The van der Waals surface area contributed by atoms with Gasteiger partial charge in [-0.25, -0.2) is 0 Å². The molecular weight excluding hydrogens is 280 g/mol. The smallest absolute Gasteiger partial charge is 0.251 e. The molecule has 0 aliphatic carbocycles. The molecule has 1 rings (SSSR count). The zero-order valence-electron chi connectivity index (χ0n) is 11.0. The molecule has 0 bridgehead atoms. The first-order valence-corrected chi connectivity index (χ1v) is 6.49. The zero-order valence-corrected chi connectivity index (χ0v) is 11.8. The average Bonchev–Trinajstić information content (AvgIpc) is 2.44. The SMILES string of the molecule is C=CCN(CCO)C(=O)CNC(=O)c1cccc(Cl)c1. The van der Waals surface area contributed by atoms with Crippen LogP contribution in [0.4, 0.5) is 0 Å². The molecule has 0 spiro atoms. The molecule has 2 amide bonds. The molecule has 0 aliphatic heterocycles. The van der Waals surface area contributed by atoms with Crippen LogP contribution in [0.5, 0.6) is 0 Å². The highest BCUT2D eigenvalue weighted by atomic mass is 35.5. The van der Waals surface area contributed by atoms with Gasteiger partial charge >= 0.3 is 0 Å². The van der Waals surface area contributed by atoms with Crippen molar-refractivity contribution in [2.75, 3.05) is 26.2 Å². The molecule has 0 radical (unpaired) electrons. The molecule has 0 saturated heterocycles. The first-order chi connectivity index (χ1) is 9.58. The number of carbonyl (C=O) groups excluding carboxylic acids is 2. The number of carbonyl (C=O) groups is 2. The topological polar surface area (TPSA) is 69.6 Å². The van der Waals surface area contributed by atoms with E-state index in [0.717, 1.165) is 0 Å². The van der Waals surface area contributed by atoms with E-state index >= 15 is 0 Å². The maximum atomic E-state index is 11.9. The van der Waals surface area contributed by atoms with Crippen LogP contribution in [0.15, 0.2) is 36.9 Å². The van der Waals surface area contributed by atoms with Crippen molar-refractivity contribution < 1.29 is 14.7 Å². The molecule has 0 atom stereocenters. The average molecular weight is 297 g/mol. The summed E-state index contributed by atoms with van der Waals surface area (Å²) in [4.78, 5) is 25.1. The lowest BCUT2D eigenvalue weighted by molar-refractivity contribution is -0.130. The Balaban J connectivity index is 2.55. The Morgan fingerprint density at radius 1 is 1.45 bits per heavy atom. The van der Waals surface area contributed by atoms with Crippen LogP contribution in [0.3, 0.4) is 0 Å². The Morgan fingerprint density at radius 3 is 2.80 bits per heavy atom. The highest BCUT2D eigenvalue weighted by molar-refractivity contribution is 6.30. The predicted octanol–water partition coefficient (Wildman–Crippen LogP) is 1.08. The maximum absolute atomic E-state index is 11.9. The molecule has 2 N–H and O–H groups in total. The molecule has 0 fully saturated rings. The molecule has 0 unspecified atom stereocenters. The van der Waals surface area contributed by atoms with Crippen molar-refractivity contribution in [1.29, 1.82) is 0 Å². The van der Waals surface area contributed by atoms with Crippen LogP contribution in [-0.2, 0) is 4.79 Å². The van der Waals surface area contributed by atoms with E-state index in [4.69, 9.17) is 16.7 Å². The van der Waals surface area contributed by atoms with Crippen LogP contribution in [-0.4, -0.2) is 48.1 Å². The van der Waals surface area contributed by atoms with Crippen LogP contribution < -0.4 is 5.32 Å². The Labute approximate surface area is 122 Å². The maximum Gasteiger partial charge on any atom is 0.251 e. The minimum atomic E-state index is -0.372. The number of hydrogen-bond acceptors (Lipinski definition) is 3. The van der Waals surface area contributed by atoms with E-state index in [-0.39, 0.29) is 31.5 Å². The lowest BCUT2D eigenvalue weighted by atomic mass is 10.2. The van der Waals surface area contributed by atoms with Crippen LogP contribution >= 0.6 is 11.6 Å². The highest BCUT2D eigenvalue weighted by Crippen LogP contribution is 2.10. The summed E-state index contributed by atoms with van der Waals surface area (Å²) < 4.78 is 0. The van der Waals surface area contributed by atoms with Crippen LogP contribution in [0.2, 0.25) is 5.02 Å². The van der Waals surface area contributed by atoms with E-state index in [1.165, 1.54) is 11.0 Å². The first-order valence-electron chi connectivity index (χ1n) is 6.11. The van der Waals surface area contributed by atoms with Gasteiger partial charge in [0.1, 0.15) is 0 Å². The summed E-state index contributed by atoms with van der Waals surface area (Å²) in [6, 6.07) is 6.46. The van der Waals surface area contributed by atoms with Crippen molar-refractivity contribution in [3.8, 4) is 0 Å². The second kappa shape index (κ2) is 8.35. The van der Waals surface area contributed by atoms with Crippen molar-refractivity contribution in [3.05, 3.63) is 47.5 Å². The Kier molecular flexibility index (Phi) is 6.76. The van der Waals surface area contributed by atoms with Crippen molar-refractivity contribution in [2.45, 2.75) is 0 Å². The van der Waals surface area contributed by atoms with Crippen LogP contribution in [0.25, 0.3) is 0 Å². The number of rotatable bonds is 7. The molecule has 5 nitrogen and oxygen atoms in total. The van der Waals surface area contributed by atoms with Gasteiger partial charge in [0.05, 0.1) is 13.2 Å². The summed E-state index contributed by atoms with van der Waals surface area (Å²) in [5, 5.41) is 11.8. The van der Waals surface area contributed by atoms with Crippen molar-refractivity contribution in [1.82, 2.24) is 10.2 Å². The lowest BCUT2D eigenvalue weighted by Gasteiger charge is -2.20. The fourth-order valence-corrected chi connectivity index (χ4v) is 1.78. The molecule has 0 saturated carbocycles. The number of halogens is 1. The number of aliphatic hydroxyl groups is 1. The van der Waals surface area contributed by atoms with Crippen molar-refractivity contribution >= 4 is 23.4 Å². The normalized spacial score (nSPS) is 9.90. The molecular formula is C14H17ClN2O3. The quantitative estimate of drug-likeness (QED) is 0.740. The van der Waals surface area contributed by atoms with Gasteiger partial charge in [0.15, 0.2) is 0 Å². The summed E-state index contributed by atoms with van der Waals surface area (Å²) in [5.74, 6) is -0.655. The number of amides is 2. The van der Waals surface area contributed by atoms with Crippen molar-refractivity contribution in [2.24, 2.45) is 0 Å². The predicted molar refractivity (Wildman–Crippen MR) is 77.6 cm³/mol. The summed E-state index contributed by atoms with van der Waals surface area (Å²) in [5.41, 5.74) is 0.391. The molecule has 0 aromatic heterocycles. The fraction of sp³-hybridized carbons (Fsp3) is 0.286. The Morgan fingerprint density at radius 2 is 2.20 bits per heavy atom. The molecule has 108 valence electrons. The Bertz CT molecular complexity index is 491. The van der Waals surface area contributed by atoms with Crippen molar-refractivity contribution in [3.63, 3.8) is 0 Å². The second-order valence-corrected chi connectivity index (χ2v) is 4.48. The highest BCUT2D eigenvalue weighted by Gasteiger charge is 2.13. The largest absolute Gasteiger partial charge is 0.395 e. The zero-order chi connectivity index (χ0) is 15.0. The van der Waals surface area contributed by atoms with Gasteiger partial charge in [0.25, 0.3) is 5.91 Å². The van der Waals surface area contributed by atoms with E-state index in [2.05, 4.69) is 11.9 Å². The number of hydrogen-bond donors (Lipinski definition) is 2. The molecule has 20 heavy (non-hydrogen) atoms. The first kappa shape index (κ1) is 16.2. The Hall–Kier alpha value is -1.85. The molecule has 6 heteroatoms. The van der Waals surface area contributed by atoms with Gasteiger partial charge in [0, 0.05) is 23.7 Å². The summed E-state index contributed by atoms with van der Waals surface area (Å²) in [7, 11) is 0. The fourth-order valence-electron chi connectivity index (χ4n) is 1.59. The summed E-state index contributed by atoms with van der Waals surface area (Å²) in [6.45, 7) is 3.80. The van der Waals surface area contributed by atoms with Crippen LogP contribution in [0, 0.1) is 0 Å². The summed E-state index contributed by atoms with van der Waals surface area (Å²) >= 11 is 5.79. The van der Waals surface area contributed by atoms with E-state index < -0.39 is 0 Å². The lowest BCUT2D eigenvalue weighted by Crippen LogP contribution is -2.41. The number of nitrogens with zero attached hydrogens (tertiary/aromatic N) is 1. The molecule has 0 aliphatic rings. The number of aliphatic hydroxyl groups excluding tert-OH is 1. The van der Waals surface area contributed by atoms with E-state index in [0.29, 0.717) is 17.1 Å². The van der Waals surface area contributed by atoms with Gasteiger partial charge in [-0.3, -0.25) is 9.59 Å². The molecule has 1 aromatic carbocycles. The molecule has 0 heterocycles. The second-order valence-electron chi connectivity index (χ2n) is 4.05. The van der Waals surface area contributed by atoms with Gasteiger partial charge in [-0.15, -0.1) is 6.58 Å². The minimum absolute atomic E-state index is 0.137. The minimum Gasteiger partial charge on any atom is -0.395 e. The van der Waals surface area contributed by atoms with E-state index in [9.17, 15) is 9.59 Å². The third kappa shape index (κ3) is 5.03. The number of nitrogens with one attached hydrogen (secondary N) is 1. The van der Waals surface area contributed by atoms with Crippen LogP contribution in [0.1, 0.15) is 10.4 Å². The monoisotopic (exact) mass is 296 g/mol. The van der Waals surface area contributed by atoms with Gasteiger partial charge in [-0.2, -0.15) is 0 Å². The van der Waals surface area contributed by atoms with Gasteiger partial charge in [-0.1, -0.05) is 23.7 Å². The van der Waals surface area contributed by atoms with Gasteiger partial charge < -0.3 is 15.3 Å². The van der Waals surface area contributed by atoms with Gasteiger partial charge in [-0.05, 0) is 18.2 Å².